The van der Waals surface area contributed by atoms with Crippen molar-refractivity contribution in [2.75, 3.05) is 22.9 Å². The number of nitrogens with zero attached hydrogens (tertiary/aromatic N) is 4. The van der Waals surface area contributed by atoms with Crippen LogP contribution in [0.5, 0.6) is 0 Å². The molecule has 76 heavy (non-hydrogen) atoms. The quantitative estimate of drug-likeness (QED) is 0.0339. The smallest absolute Gasteiger partial charge is 0.297 e. The summed E-state index contributed by atoms with van der Waals surface area (Å²) in [5.74, 6) is 0. The molecular weight excluding hydrogens is 1060 g/mol. The van der Waals surface area contributed by atoms with Crippen molar-refractivity contribution in [3.8, 4) is 33.4 Å². The lowest BCUT2D eigenvalue weighted by Gasteiger charge is -2.18. The highest BCUT2D eigenvalue weighted by molar-refractivity contribution is 7.87. The summed E-state index contributed by atoms with van der Waals surface area (Å²) in [7, 11) is -20.3. The number of hydrogen-bond donors (Lipinski definition) is 8. The first kappa shape index (κ1) is 50.8. The van der Waals surface area contributed by atoms with Gasteiger partial charge in [0.1, 0.15) is 42.3 Å². The summed E-state index contributed by atoms with van der Waals surface area (Å²) in [4.78, 5) is -2.74. The molecule has 0 unspecified atom stereocenters. The monoisotopic (exact) mass is 1090 g/mol. The molecule has 0 aromatic heterocycles. The van der Waals surface area contributed by atoms with Gasteiger partial charge in [-0.25, -0.2) is 0 Å². The number of anilines is 4. The third-order valence-corrected chi connectivity index (χ3v) is 16.4. The van der Waals surface area contributed by atoms with E-state index in [0.717, 1.165) is 12.1 Å². The van der Waals surface area contributed by atoms with Crippen LogP contribution in [0.1, 0.15) is 0 Å². The highest BCUT2D eigenvalue weighted by Crippen LogP contribution is 2.50. The molecule has 382 valence electrons. The van der Waals surface area contributed by atoms with Crippen LogP contribution >= 0.6 is 0 Å². The van der Waals surface area contributed by atoms with Crippen molar-refractivity contribution in [3.63, 3.8) is 0 Å². The van der Waals surface area contributed by atoms with Crippen LogP contribution in [-0.4, -0.2) is 51.9 Å². The Bertz CT molecular complexity index is 4380. The van der Waals surface area contributed by atoms with Gasteiger partial charge in [-0.15, -0.1) is 20.5 Å². The zero-order valence-corrected chi connectivity index (χ0v) is 42.1. The van der Waals surface area contributed by atoms with Gasteiger partial charge >= 0.3 is 0 Å². The van der Waals surface area contributed by atoms with E-state index in [0.29, 0.717) is 11.1 Å². The van der Waals surface area contributed by atoms with E-state index in [1.165, 1.54) is 72.8 Å². The van der Waals surface area contributed by atoms with Gasteiger partial charge in [-0.1, -0.05) is 146 Å². The maximum atomic E-state index is 13.3. The molecule has 0 radical (unpaired) electrons. The number of nitrogens with two attached hydrogens (primary N) is 4. The summed E-state index contributed by atoms with van der Waals surface area (Å²) in [6.45, 7) is 0. The Morgan fingerprint density at radius 1 is 0.303 bits per heavy atom. The van der Waals surface area contributed by atoms with Crippen molar-refractivity contribution < 1.29 is 51.9 Å². The van der Waals surface area contributed by atoms with Crippen LogP contribution in [0.15, 0.2) is 198 Å². The van der Waals surface area contributed by atoms with Gasteiger partial charge in [-0.05, 0) is 34.4 Å². The molecule has 10 aromatic carbocycles. The molecule has 0 heterocycles. The summed E-state index contributed by atoms with van der Waals surface area (Å²) in [6, 6.07) is 39.3. The molecule has 0 aliphatic rings. The third-order valence-electron chi connectivity index (χ3n) is 12.6. The first-order valence-corrected chi connectivity index (χ1v) is 27.9. The largest absolute Gasteiger partial charge is 0.398 e. The first-order valence-electron chi connectivity index (χ1n) is 22.2. The van der Waals surface area contributed by atoms with E-state index in [1.54, 1.807) is 72.8 Å². The van der Waals surface area contributed by atoms with Gasteiger partial charge in [0.05, 0.1) is 0 Å². The third kappa shape index (κ3) is 8.98. The summed E-state index contributed by atoms with van der Waals surface area (Å²) in [5, 5.41) is 17.6. The molecular formula is C52H38N8O12S4. The number of azo groups is 2. The van der Waals surface area contributed by atoms with Crippen molar-refractivity contribution in [2.24, 2.45) is 20.5 Å². The van der Waals surface area contributed by atoms with Crippen molar-refractivity contribution in [1.29, 1.82) is 0 Å². The molecule has 0 saturated carbocycles. The van der Waals surface area contributed by atoms with Crippen LogP contribution < -0.4 is 22.9 Å². The SMILES string of the molecule is Nc1cc(N=Nc2c(-c3ccc(-c4ccc(-c5c(N=Nc6cc(N)c7ccccc7c6S(=O)(=O)O)c(S(=O)(=O)O)c6ccccc6c5N)cc4)cc3)c(N)c3ccccc3c2S(=O)(=O)O)c(S(=O)(=O)O)c2ccccc12. The Morgan fingerprint density at radius 3 is 0.842 bits per heavy atom. The van der Waals surface area contributed by atoms with Crippen molar-refractivity contribution in [2.45, 2.75) is 19.6 Å². The van der Waals surface area contributed by atoms with Gasteiger partial charge in [0.25, 0.3) is 40.5 Å². The Kier molecular flexibility index (Phi) is 12.4. The molecule has 0 spiro atoms. The minimum absolute atomic E-state index is 0.00480. The average Bonchev–Trinajstić information content (AvgIpc) is 3.41. The van der Waals surface area contributed by atoms with Crippen LogP contribution in [0.25, 0.3) is 76.5 Å². The molecule has 0 amide bonds. The van der Waals surface area contributed by atoms with Crippen LogP contribution in [0.3, 0.4) is 0 Å². The van der Waals surface area contributed by atoms with Crippen molar-refractivity contribution in [1.82, 2.24) is 0 Å². The topological polar surface area (TPSA) is 371 Å². The second-order valence-electron chi connectivity index (χ2n) is 17.2. The van der Waals surface area contributed by atoms with E-state index in [1.807, 2.05) is 0 Å². The predicted octanol–water partition coefficient (Wildman–Crippen LogP) is 11.4. The molecule has 0 aliphatic heterocycles. The van der Waals surface area contributed by atoms with E-state index >= 15 is 0 Å². The van der Waals surface area contributed by atoms with Gasteiger partial charge in [0.15, 0.2) is 0 Å². The van der Waals surface area contributed by atoms with Crippen LogP contribution in [-0.2, 0) is 40.5 Å². The zero-order valence-electron chi connectivity index (χ0n) is 38.8. The van der Waals surface area contributed by atoms with Gasteiger partial charge in [0, 0.05) is 77.0 Å². The standard InChI is InChI=1S/C52H38N8O12S4/c53-39-25-41(49(73(61,62)63)35-13-5-1-9-31(35)39)57-59-47-43(45(55)33-11-3-7-15-37(33)51(47)75(67,68)69)29-21-17-27(18-22-29)28-19-23-30(24-20-28)44-46(56)34-12-4-8-16-38(34)52(76(70,71)72)48(44)60-58-42-26-40(54)32-10-2-6-14-36(32)50(42)74(64,65)66/h1-26H,53-56H2,(H,61,62,63)(H,64,65,66)(H,67,68,69)(H,70,71,72). The van der Waals surface area contributed by atoms with E-state index in [2.05, 4.69) is 20.5 Å². The first-order chi connectivity index (χ1) is 35.9. The van der Waals surface area contributed by atoms with Gasteiger partial charge in [-0.2, -0.15) is 33.7 Å². The summed E-state index contributed by atoms with van der Waals surface area (Å²) in [5.41, 5.74) is 26.0. The van der Waals surface area contributed by atoms with Gasteiger partial charge < -0.3 is 22.9 Å². The lowest BCUT2D eigenvalue weighted by atomic mass is 9.93. The zero-order chi connectivity index (χ0) is 54.2. The lowest BCUT2D eigenvalue weighted by Crippen LogP contribution is -2.04. The fourth-order valence-corrected chi connectivity index (χ4v) is 12.7. The van der Waals surface area contributed by atoms with Crippen LogP contribution in [0.2, 0.25) is 0 Å². The van der Waals surface area contributed by atoms with Crippen molar-refractivity contribution in [3.05, 3.63) is 158 Å². The number of nitrogen functional groups attached to an aromatic ring is 4. The average molecular weight is 1100 g/mol. The molecule has 10 aromatic rings. The predicted molar refractivity (Wildman–Crippen MR) is 291 cm³/mol. The maximum absolute atomic E-state index is 13.3. The van der Waals surface area contributed by atoms with E-state index in [9.17, 15) is 51.9 Å². The summed E-state index contributed by atoms with van der Waals surface area (Å²) < 4.78 is 147. The van der Waals surface area contributed by atoms with Crippen LogP contribution in [0, 0.1) is 0 Å². The van der Waals surface area contributed by atoms with Gasteiger partial charge in [0.2, 0.25) is 0 Å². The van der Waals surface area contributed by atoms with Gasteiger partial charge in [-0.3, -0.25) is 18.2 Å². The molecule has 10 rings (SSSR count). The Hall–Kier alpha value is -8.72. The molecule has 0 fully saturated rings. The molecule has 0 bridgehead atoms. The molecule has 12 N–H and O–H groups in total. The molecule has 0 saturated heterocycles. The second-order valence-corrected chi connectivity index (χ2v) is 22.6. The minimum Gasteiger partial charge on any atom is -0.398 e. The minimum atomic E-state index is -5.15. The Labute approximate surface area is 432 Å². The number of rotatable bonds is 11. The number of benzene rings is 10. The van der Waals surface area contributed by atoms with Crippen LogP contribution in [0.4, 0.5) is 45.5 Å². The normalized spacial score (nSPS) is 12.7. The van der Waals surface area contributed by atoms with E-state index in [4.69, 9.17) is 22.9 Å². The second kappa shape index (κ2) is 18.6. The fraction of sp³-hybridized carbons (Fsp3) is 0. The maximum Gasteiger partial charge on any atom is 0.297 e. The Balaban J connectivity index is 1.11. The number of hydrogen-bond acceptors (Lipinski definition) is 16. The summed E-state index contributed by atoms with van der Waals surface area (Å²) in [6.07, 6.45) is 0. The highest BCUT2D eigenvalue weighted by atomic mass is 32.2. The van der Waals surface area contributed by atoms with E-state index in [-0.39, 0.29) is 88.1 Å². The fourth-order valence-electron chi connectivity index (χ4n) is 9.42. The molecule has 0 aliphatic carbocycles. The molecule has 20 nitrogen and oxygen atoms in total. The Morgan fingerprint density at radius 2 is 0.553 bits per heavy atom. The lowest BCUT2D eigenvalue weighted by molar-refractivity contribution is 0.482. The van der Waals surface area contributed by atoms with E-state index < -0.39 is 82.8 Å². The number of fused-ring (bicyclic) bond motifs is 4. The highest BCUT2D eigenvalue weighted by Gasteiger charge is 2.30. The molecule has 0 atom stereocenters. The van der Waals surface area contributed by atoms with Crippen molar-refractivity contribution >= 4 is 129 Å². The molecule has 24 heteroatoms. The summed E-state index contributed by atoms with van der Waals surface area (Å²) >= 11 is 0.